The van der Waals surface area contributed by atoms with Gasteiger partial charge in [-0.25, -0.2) is 4.79 Å². The fraction of sp³-hybridized carbons (Fsp3) is 0.350. The quantitative estimate of drug-likeness (QED) is 0.515. The zero-order valence-electron chi connectivity index (χ0n) is 14.7. The SMILES string of the molecule is C=C/C(=C\C=C(/C)c1cccc(Cl)c1)C[C@@H](N)C[C@@H](O)C(=O)OCC. The molecule has 2 atom stereocenters. The maximum absolute atomic E-state index is 11.5. The largest absolute Gasteiger partial charge is 0.464 e. The number of esters is 1. The van der Waals surface area contributed by atoms with E-state index in [1.165, 1.54) is 0 Å². The van der Waals surface area contributed by atoms with Crippen molar-refractivity contribution in [3.05, 3.63) is 65.2 Å². The van der Waals surface area contributed by atoms with Crippen LogP contribution in [0.2, 0.25) is 5.02 Å². The Balaban J connectivity index is 2.71. The molecule has 0 aliphatic heterocycles. The number of hydrogen-bond donors (Lipinski definition) is 2. The van der Waals surface area contributed by atoms with Gasteiger partial charge in [0, 0.05) is 11.1 Å². The predicted octanol–water partition coefficient (Wildman–Crippen LogP) is 3.89. The van der Waals surface area contributed by atoms with Crippen molar-refractivity contribution >= 4 is 23.1 Å². The first kappa shape index (κ1) is 21.2. The minimum Gasteiger partial charge on any atom is -0.464 e. The first-order valence-corrected chi connectivity index (χ1v) is 8.61. The molecule has 0 amide bonds. The van der Waals surface area contributed by atoms with Gasteiger partial charge in [0.25, 0.3) is 0 Å². The normalized spacial score (nSPS) is 14.8. The van der Waals surface area contributed by atoms with Crippen molar-refractivity contribution in [2.75, 3.05) is 6.61 Å². The molecular weight excluding hydrogens is 338 g/mol. The Bertz CT molecular complexity index is 652. The Morgan fingerprint density at radius 3 is 2.76 bits per heavy atom. The first-order chi connectivity index (χ1) is 11.9. The summed E-state index contributed by atoms with van der Waals surface area (Å²) in [5, 5.41) is 10.5. The summed E-state index contributed by atoms with van der Waals surface area (Å²) >= 11 is 6.01. The molecule has 0 heterocycles. The molecule has 0 saturated carbocycles. The average molecular weight is 364 g/mol. The van der Waals surface area contributed by atoms with Gasteiger partial charge in [-0.15, -0.1) is 0 Å². The summed E-state index contributed by atoms with van der Waals surface area (Å²) in [6.07, 6.45) is 5.06. The van der Waals surface area contributed by atoms with Crippen molar-refractivity contribution in [1.82, 2.24) is 0 Å². The third-order valence-corrected chi connectivity index (χ3v) is 3.91. The smallest absolute Gasteiger partial charge is 0.335 e. The van der Waals surface area contributed by atoms with Crippen LogP contribution in [0.25, 0.3) is 5.57 Å². The van der Waals surface area contributed by atoms with E-state index in [1.807, 2.05) is 43.3 Å². The van der Waals surface area contributed by atoms with E-state index in [4.69, 9.17) is 22.1 Å². The molecule has 0 fully saturated rings. The molecule has 4 nitrogen and oxygen atoms in total. The maximum atomic E-state index is 11.5. The lowest BCUT2D eigenvalue weighted by atomic mass is 10.00. The third kappa shape index (κ3) is 7.69. The third-order valence-electron chi connectivity index (χ3n) is 3.67. The summed E-state index contributed by atoms with van der Waals surface area (Å²) in [6, 6.07) is 7.25. The lowest BCUT2D eigenvalue weighted by Crippen LogP contribution is -2.32. The Morgan fingerprint density at radius 2 is 2.16 bits per heavy atom. The molecule has 5 heteroatoms. The van der Waals surface area contributed by atoms with Gasteiger partial charge in [0.15, 0.2) is 6.10 Å². The van der Waals surface area contributed by atoms with Gasteiger partial charge in [-0.2, -0.15) is 0 Å². The van der Waals surface area contributed by atoms with Crippen molar-refractivity contribution in [3.63, 3.8) is 0 Å². The van der Waals surface area contributed by atoms with Crippen molar-refractivity contribution in [2.24, 2.45) is 5.73 Å². The van der Waals surface area contributed by atoms with E-state index in [1.54, 1.807) is 13.0 Å². The molecular formula is C20H26ClNO3. The van der Waals surface area contributed by atoms with Crippen LogP contribution >= 0.6 is 11.6 Å². The number of nitrogens with two attached hydrogens (primary N) is 1. The predicted molar refractivity (Wildman–Crippen MR) is 103 cm³/mol. The summed E-state index contributed by atoms with van der Waals surface area (Å²) < 4.78 is 4.77. The summed E-state index contributed by atoms with van der Waals surface area (Å²) in [6.45, 7) is 7.71. The summed E-state index contributed by atoms with van der Waals surface area (Å²) in [5.74, 6) is -0.640. The van der Waals surface area contributed by atoms with Crippen LogP contribution in [-0.2, 0) is 9.53 Å². The highest BCUT2D eigenvalue weighted by atomic mass is 35.5. The summed E-state index contributed by atoms with van der Waals surface area (Å²) in [4.78, 5) is 11.5. The number of ether oxygens (including phenoxy) is 1. The monoisotopic (exact) mass is 363 g/mol. The molecule has 1 rings (SSSR count). The zero-order valence-corrected chi connectivity index (χ0v) is 15.5. The fourth-order valence-corrected chi connectivity index (χ4v) is 2.48. The first-order valence-electron chi connectivity index (χ1n) is 8.23. The van der Waals surface area contributed by atoms with Crippen molar-refractivity contribution < 1.29 is 14.6 Å². The van der Waals surface area contributed by atoms with Crippen LogP contribution in [-0.4, -0.2) is 29.8 Å². The molecule has 3 N–H and O–H groups in total. The van der Waals surface area contributed by atoms with E-state index in [0.29, 0.717) is 11.4 Å². The lowest BCUT2D eigenvalue weighted by molar-refractivity contribution is -0.153. The molecule has 0 unspecified atom stereocenters. The molecule has 25 heavy (non-hydrogen) atoms. The molecule has 0 saturated heterocycles. The Kier molecular flexibility index (Phi) is 9.21. The standard InChI is InChI=1S/C20H26ClNO3/c1-4-15(11-18(22)13-19(23)20(24)25-5-2)10-9-14(3)16-7-6-8-17(21)12-16/h4,6-10,12,18-19,23H,1,5,11,13,22H2,2-3H3/b14-9+,15-10+/t18-,19-/m1/s1. The number of rotatable bonds is 9. The number of allylic oxidation sites excluding steroid dienone is 4. The minimum atomic E-state index is -1.20. The van der Waals surface area contributed by atoms with Crippen LogP contribution in [0.15, 0.2) is 54.6 Å². The molecule has 0 bridgehead atoms. The second-order valence-corrected chi connectivity index (χ2v) is 6.21. The van der Waals surface area contributed by atoms with Crippen molar-refractivity contribution in [1.29, 1.82) is 0 Å². The van der Waals surface area contributed by atoms with Crippen LogP contribution in [0.5, 0.6) is 0 Å². The zero-order chi connectivity index (χ0) is 18.8. The number of aliphatic hydroxyl groups is 1. The van der Waals surface area contributed by atoms with Gasteiger partial charge in [0.2, 0.25) is 0 Å². The van der Waals surface area contributed by atoms with E-state index in [-0.39, 0.29) is 19.1 Å². The Morgan fingerprint density at radius 1 is 1.44 bits per heavy atom. The molecule has 1 aromatic carbocycles. The van der Waals surface area contributed by atoms with E-state index in [9.17, 15) is 9.90 Å². The van der Waals surface area contributed by atoms with E-state index in [0.717, 1.165) is 16.7 Å². The van der Waals surface area contributed by atoms with Crippen LogP contribution in [0.1, 0.15) is 32.3 Å². The van der Waals surface area contributed by atoms with Gasteiger partial charge in [0.1, 0.15) is 0 Å². The minimum absolute atomic E-state index is 0.140. The molecule has 0 aromatic heterocycles. The number of benzene rings is 1. The van der Waals surface area contributed by atoms with Gasteiger partial charge in [-0.05, 0) is 55.5 Å². The maximum Gasteiger partial charge on any atom is 0.335 e. The highest BCUT2D eigenvalue weighted by molar-refractivity contribution is 6.30. The Hall–Kier alpha value is -1.88. The van der Waals surface area contributed by atoms with Gasteiger partial charge in [-0.3, -0.25) is 0 Å². The van der Waals surface area contributed by atoms with Crippen molar-refractivity contribution in [3.8, 4) is 0 Å². The second kappa shape index (κ2) is 10.9. The number of carbonyl (C=O) groups is 1. The lowest BCUT2D eigenvalue weighted by Gasteiger charge is -2.15. The van der Waals surface area contributed by atoms with Crippen LogP contribution in [0, 0.1) is 0 Å². The van der Waals surface area contributed by atoms with Gasteiger partial charge >= 0.3 is 5.97 Å². The van der Waals surface area contributed by atoms with E-state index < -0.39 is 12.1 Å². The molecule has 0 aliphatic rings. The van der Waals surface area contributed by atoms with Crippen molar-refractivity contribution in [2.45, 2.75) is 38.8 Å². The fourth-order valence-electron chi connectivity index (χ4n) is 2.29. The second-order valence-electron chi connectivity index (χ2n) is 5.77. The van der Waals surface area contributed by atoms with Gasteiger partial charge < -0.3 is 15.6 Å². The molecule has 1 aromatic rings. The summed E-state index contributed by atoms with van der Waals surface area (Å²) in [5.41, 5.74) is 9.04. The number of carbonyl (C=O) groups excluding carboxylic acids is 1. The summed E-state index contributed by atoms with van der Waals surface area (Å²) in [7, 11) is 0. The van der Waals surface area contributed by atoms with Crippen LogP contribution in [0.3, 0.4) is 0 Å². The number of aliphatic hydroxyl groups excluding tert-OH is 1. The topological polar surface area (TPSA) is 72.5 Å². The van der Waals surface area contributed by atoms with Crippen LogP contribution in [0.4, 0.5) is 0 Å². The molecule has 0 spiro atoms. The molecule has 136 valence electrons. The van der Waals surface area contributed by atoms with E-state index in [2.05, 4.69) is 6.58 Å². The van der Waals surface area contributed by atoms with Crippen LogP contribution < -0.4 is 5.73 Å². The number of halogens is 1. The highest BCUT2D eigenvalue weighted by Gasteiger charge is 2.19. The molecule has 0 radical (unpaired) electrons. The molecule has 0 aliphatic carbocycles. The number of hydrogen-bond acceptors (Lipinski definition) is 4. The highest BCUT2D eigenvalue weighted by Crippen LogP contribution is 2.19. The van der Waals surface area contributed by atoms with Gasteiger partial charge in [0.05, 0.1) is 6.61 Å². The van der Waals surface area contributed by atoms with E-state index >= 15 is 0 Å². The van der Waals surface area contributed by atoms with Gasteiger partial charge in [-0.1, -0.05) is 48.5 Å². The average Bonchev–Trinajstić information content (AvgIpc) is 2.58. The Labute approximate surface area is 154 Å².